The van der Waals surface area contributed by atoms with Gasteiger partial charge in [-0.25, -0.2) is 0 Å². The van der Waals surface area contributed by atoms with Crippen molar-refractivity contribution >= 4 is 10.9 Å². The summed E-state index contributed by atoms with van der Waals surface area (Å²) in [5.74, 6) is 0.833. The topological polar surface area (TPSA) is 43.4 Å². The summed E-state index contributed by atoms with van der Waals surface area (Å²) in [7, 11) is 1.67. The molecule has 1 unspecified atom stereocenters. The lowest BCUT2D eigenvalue weighted by Crippen LogP contribution is -2.34. The van der Waals surface area contributed by atoms with E-state index in [0.717, 1.165) is 29.8 Å². The zero-order chi connectivity index (χ0) is 12.4. The first-order valence-electron chi connectivity index (χ1n) is 6.12. The van der Waals surface area contributed by atoms with Gasteiger partial charge in [-0.15, -0.1) is 0 Å². The molecule has 18 heavy (non-hydrogen) atoms. The maximum atomic E-state index is 5.52. The van der Waals surface area contributed by atoms with Gasteiger partial charge in [0.25, 0.3) is 0 Å². The highest BCUT2D eigenvalue weighted by Gasteiger charge is 2.17. The van der Waals surface area contributed by atoms with E-state index < -0.39 is 0 Å². The van der Waals surface area contributed by atoms with Crippen molar-refractivity contribution < 1.29 is 9.47 Å². The average Bonchev–Trinajstić information content (AvgIpc) is 2.47. The molecule has 0 aliphatic carbocycles. The van der Waals surface area contributed by atoms with Crippen LogP contribution in [0.5, 0.6) is 5.75 Å². The van der Waals surface area contributed by atoms with Crippen molar-refractivity contribution in [2.75, 3.05) is 26.9 Å². The van der Waals surface area contributed by atoms with Crippen molar-refractivity contribution in [2.45, 2.75) is 6.04 Å². The summed E-state index contributed by atoms with van der Waals surface area (Å²) in [6, 6.07) is 8.30. The molecule has 1 aliphatic rings. The Kier molecular flexibility index (Phi) is 3.13. The summed E-state index contributed by atoms with van der Waals surface area (Å²) in [6.07, 6.45) is 1.84. The molecule has 94 valence electrons. The molecule has 2 heterocycles. The standard InChI is InChI=1S/C14H16N2O2/c1-17-10-2-3-11-12(4-5-15-13(11)8-10)14-9-18-7-6-16-14/h2-5,8,14,16H,6-7,9H2,1H3. The second-order valence-corrected chi connectivity index (χ2v) is 4.36. The fraction of sp³-hybridized carbons (Fsp3) is 0.357. The molecule has 1 aromatic carbocycles. The molecule has 2 aromatic rings. The van der Waals surface area contributed by atoms with E-state index >= 15 is 0 Å². The maximum Gasteiger partial charge on any atom is 0.121 e. The van der Waals surface area contributed by atoms with Crippen LogP contribution in [0.15, 0.2) is 30.5 Å². The van der Waals surface area contributed by atoms with Gasteiger partial charge < -0.3 is 14.8 Å². The first-order chi connectivity index (χ1) is 8.88. The molecule has 1 atom stereocenters. The van der Waals surface area contributed by atoms with Gasteiger partial charge in [0.05, 0.1) is 31.9 Å². The molecule has 1 aliphatic heterocycles. The Morgan fingerprint density at radius 2 is 2.33 bits per heavy atom. The monoisotopic (exact) mass is 244 g/mol. The molecule has 1 fully saturated rings. The number of rotatable bonds is 2. The average molecular weight is 244 g/mol. The Morgan fingerprint density at radius 3 is 3.11 bits per heavy atom. The van der Waals surface area contributed by atoms with Crippen LogP contribution < -0.4 is 10.1 Å². The fourth-order valence-corrected chi connectivity index (χ4v) is 2.35. The van der Waals surface area contributed by atoms with Crippen LogP contribution in [0.2, 0.25) is 0 Å². The predicted octanol–water partition coefficient (Wildman–Crippen LogP) is 1.90. The van der Waals surface area contributed by atoms with E-state index in [0.29, 0.717) is 6.61 Å². The third kappa shape index (κ3) is 2.05. The van der Waals surface area contributed by atoms with Gasteiger partial charge in [0, 0.05) is 24.2 Å². The normalized spacial score (nSPS) is 19.9. The Morgan fingerprint density at radius 1 is 1.39 bits per heavy atom. The molecule has 1 aromatic heterocycles. The predicted molar refractivity (Wildman–Crippen MR) is 69.9 cm³/mol. The van der Waals surface area contributed by atoms with Gasteiger partial charge in [0.2, 0.25) is 0 Å². The molecule has 1 saturated heterocycles. The van der Waals surface area contributed by atoms with Crippen LogP contribution in [-0.2, 0) is 4.74 Å². The number of nitrogens with one attached hydrogen (secondary N) is 1. The molecular weight excluding hydrogens is 228 g/mol. The van der Waals surface area contributed by atoms with E-state index in [9.17, 15) is 0 Å². The second-order valence-electron chi connectivity index (χ2n) is 4.36. The zero-order valence-corrected chi connectivity index (χ0v) is 10.3. The van der Waals surface area contributed by atoms with Crippen molar-refractivity contribution in [3.8, 4) is 5.75 Å². The maximum absolute atomic E-state index is 5.52. The van der Waals surface area contributed by atoms with Crippen molar-refractivity contribution in [3.63, 3.8) is 0 Å². The highest BCUT2D eigenvalue weighted by Crippen LogP contribution is 2.26. The molecule has 0 bridgehead atoms. The van der Waals surface area contributed by atoms with Crippen LogP contribution in [0.25, 0.3) is 10.9 Å². The third-order valence-corrected chi connectivity index (χ3v) is 3.28. The largest absolute Gasteiger partial charge is 0.497 e. The Labute approximate surface area is 106 Å². The van der Waals surface area contributed by atoms with Crippen LogP contribution in [-0.4, -0.2) is 31.9 Å². The number of hydrogen-bond acceptors (Lipinski definition) is 4. The van der Waals surface area contributed by atoms with Crippen LogP contribution in [0.1, 0.15) is 11.6 Å². The Bertz CT molecular complexity index is 550. The first-order valence-corrected chi connectivity index (χ1v) is 6.12. The van der Waals surface area contributed by atoms with E-state index in [4.69, 9.17) is 9.47 Å². The second kappa shape index (κ2) is 4.92. The lowest BCUT2D eigenvalue weighted by molar-refractivity contribution is 0.0773. The number of fused-ring (bicyclic) bond motifs is 1. The lowest BCUT2D eigenvalue weighted by atomic mass is 10.0. The highest BCUT2D eigenvalue weighted by molar-refractivity contribution is 5.83. The number of nitrogens with zero attached hydrogens (tertiary/aromatic N) is 1. The summed E-state index contributed by atoms with van der Waals surface area (Å²) in [4.78, 5) is 4.40. The van der Waals surface area contributed by atoms with Crippen LogP contribution in [0, 0.1) is 0 Å². The van der Waals surface area contributed by atoms with Crippen LogP contribution in [0.3, 0.4) is 0 Å². The Hall–Kier alpha value is -1.65. The number of hydrogen-bond donors (Lipinski definition) is 1. The minimum Gasteiger partial charge on any atom is -0.497 e. The van der Waals surface area contributed by atoms with Crippen molar-refractivity contribution in [1.82, 2.24) is 10.3 Å². The van der Waals surface area contributed by atoms with E-state index in [1.807, 2.05) is 18.3 Å². The quantitative estimate of drug-likeness (QED) is 0.876. The lowest BCUT2D eigenvalue weighted by Gasteiger charge is -2.25. The molecular formula is C14H16N2O2. The summed E-state index contributed by atoms with van der Waals surface area (Å²) < 4.78 is 10.8. The van der Waals surface area contributed by atoms with Gasteiger partial charge in [-0.05, 0) is 23.8 Å². The summed E-state index contributed by atoms with van der Waals surface area (Å²) in [6.45, 7) is 2.39. The van der Waals surface area contributed by atoms with Crippen LogP contribution >= 0.6 is 0 Å². The van der Waals surface area contributed by atoms with E-state index in [2.05, 4.69) is 22.4 Å². The number of pyridine rings is 1. The molecule has 3 rings (SSSR count). The minimum absolute atomic E-state index is 0.248. The number of benzene rings is 1. The van der Waals surface area contributed by atoms with Gasteiger partial charge in [0.1, 0.15) is 5.75 Å². The van der Waals surface area contributed by atoms with Crippen LogP contribution in [0.4, 0.5) is 0 Å². The first kappa shape index (κ1) is 11.4. The number of methoxy groups -OCH3 is 1. The molecule has 0 radical (unpaired) electrons. The van der Waals surface area contributed by atoms with Gasteiger partial charge in [-0.2, -0.15) is 0 Å². The minimum atomic E-state index is 0.248. The number of aromatic nitrogens is 1. The molecule has 0 saturated carbocycles. The Balaban J connectivity index is 2.05. The van der Waals surface area contributed by atoms with Crippen molar-refractivity contribution in [3.05, 3.63) is 36.0 Å². The highest BCUT2D eigenvalue weighted by atomic mass is 16.5. The molecule has 1 N–H and O–H groups in total. The molecule has 0 spiro atoms. The van der Waals surface area contributed by atoms with Gasteiger partial charge in [0.15, 0.2) is 0 Å². The van der Waals surface area contributed by atoms with E-state index in [1.165, 1.54) is 5.56 Å². The zero-order valence-electron chi connectivity index (χ0n) is 10.3. The molecule has 4 nitrogen and oxygen atoms in total. The van der Waals surface area contributed by atoms with Gasteiger partial charge in [-0.1, -0.05) is 0 Å². The van der Waals surface area contributed by atoms with E-state index in [1.54, 1.807) is 7.11 Å². The summed E-state index contributed by atoms with van der Waals surface area (Å²) >= 11 is 0. The number of ether oxygens (including phenoxy) is 2. The molecule has 0 amide bonds. The molecule has 4 heteroatoms. The fourth-order valence-electron chi connectivity index (χ4n) is 2.35. The van der Waals surface area contributed by atoms with Crippen molar-refractivity contribution in [2.24, 2.45) is 0 Å². The van der Waals surface area contributed by atoms with E-state index in [-0.39, 0.29) is 6.04 Å². The van der Waals surface area contributed by atoms with Crippen molar-refractivity contribution in [1.29, 1.82) is 0 Å². The SMILES string of the molecule is COc1ccc2c(C3COCCN3)ccnc2c1. The summed E-state index contributed by atoms with van der Waals surface area (Å²) in [5, 5.41) is 4.63. The van der Waals surface area contributed by atoms with Gasteiger partial charge >= 0.3 is 0 Å². The summed E-state index contributed by atoms with van der Waals surface area (Å²) in [5.41, 5.74) is 2.20. The number of morpholine rings is 1. The van der Waals surface area contributed by atoms with Gasteiger partial charge in [-0.3, -0.25) is 4.98 Å². The third-order valence-electron chi connectivity index (χ3n) is 3.28. The smallest absolute Gasteiger partial charge is 0.121 e.